The first-order valence-electron chi connectivity index (χ1n) is 8.98. The van der Waals surface area contributed by atoms with E-state index in [9.17, 15) is 28.6 Å². The largest absolute Gasteiger partial charge is 0.544 e. The Bertz CT molecular complexity index is 560. The summed E-state index contributed by atoms with van der Waals surface area (Å²) in [5.74, 6) is -7.43. The zero-order chi connectivity index (χ0) is 18.6. The van der Waals surface area contributed by atoms with Gasteiger partial charge in [-0.05, 0) is 62.7 Å². The van der Waals surface area contributed by atoms with Gasteiger partial charge in [0.15, 0.2) is 6.10 Å². The Labute approximate surface area is 145 Å². The summed E-state index contributed by atoms with van der Waals surface area (Å²) in [6.45, 7) is 3.30. The van der Waals surface area contributed by atoms with Crippen molar-refractivity contribution in [3.05, 3.63) is 0 Å². The monoisotopic (exact) mass is 359 g/mol. The molecule has 0 spiro atoms. The number of rotatable bonds is 6. The number of hydrogen-bond acceptors (Lipinski definition) is 5. The lowest BCUT2D eigenvalue weighted by Crippen LogP contribution is -2.60. The van der Waals surface area contributed by atoms with Crippen molar-refractivity contribution in [1.82, 2.24) is 0 Å². The lowest BCUT2D eigenvalue weighted by atomic mass is 9.48. The zero-order valence-electron chi connectivity index (χ0n) is 14.6. The molecular weight excluding hydrogens is 334 g/mol. The van der Waals surface area contributed by atoms with Crippen LogP contribution in [0.4, 0.5) is 8.78 Å². The second-order valence-corrected chi connectivity index (χ2v) is 8.90. The van der Waals surface area contributed by atoms with Crippen molar-refractivity contribution in [3.63, 3.8) is 0 Å². The van der Waals surface area contributed by atoms with Crippen molar-refractivity contribution in [3.8, 4) is 0 Å². The summed E-state index contributed by atoms with van der Waals surface area (Å²) in [4.78, 5) is 23.7. The summed E-state index contributed by atoms with van der Waals surface area (Å²) in [6, 6.07) is 0. The van der Waals surface area contributed by atoms with Crippen molar-refractivity contribution < 1.29 is 33.3 Å². The molecule has 3 unspecified atom stereocenters. The maximum Gasteiger partial charge on any atom is 0.323 e. The fourth-order valence-electron chi connectivity index (χ4n) is 5.54. The van der Waals surface area contributed by atoms with E-state index < -0.39 is 35.0 Å². The highest BCUT2D eigenvalue weighted by Crippen LogP contribution is 2.62. The summed E-state index contributed by atoms with van der Waals surface area (Å²) in [7, 11) is 0. The molecule has 0 heterocycles. The van der Waals surface area contributed by atoms with Crippen LogP contribution in [0.3, 0.4) is 0 Å². The SMILES string of the molecule is CC(C)CC(OC(=O)C12CC3CC(CC(O)(C3)C1)C2)C(F)(F)C(=O)[O-]. The molecule has 4 aliphatic carbocycles. The van der Waals surface area contributed by atoms with E-state index in [1.807, 2.05) is 0 Å². The third-order valence-corrected chi connectivity index (χ3v) is 6.07. The lowest BCUT2D eigenvalue weighted by Gasteiger charge is -2.58. The van der Waals surface area contributed by atoms with Crippen LogP contribution in [-0.2, 0) is 14.3 Å². The van der Waals surface area contributed by atoms with Gasteiger partial charge in [0.2, 0.25) is 0 Å². The predicted octanol–water partition coefficient (Wildman–Crippen LogP) is 1.66. The van der Waals surface area contributed by atoms with Crippen LogP contribution in [0.2, 0.25) is 0 Å². The Morgan fingerprint density at radius 1 is 1.24 bits per heavy atom. The van der Waals surface area contributed by atoms with Crippen LogP contribution in [0.15, 0.2) is 0 Å². The Balaban J connectivity index is 1.81. The molecule has 4 bridgehead atoms. The number of halogens is 2. The molecule has 25 heavy (non-hydrogen) atoms. The molecule has 4 rings (SSSR count). The van der Waals surface area contributed by atoms with Crippen LogP contribution in [0.5, 0.6) is 0 Å². The van der Waals surface area contributed by atoms with Gasteiger partial charge in [0.25, 0.3) is 0 Å². The van der Waals surface area contributed by atoms with Gasteiger partial charge < -0.3 is 19.7 Å². The van der Waals surface area contributed by atoms with Gasteiger partial charge in [0, 0.05) is 0 Å². The summed E-state index contributed by atoms with van der Waals surface area (Å²) >= 11 is 0. The van der Waals surface area contributed by atoms with Crippen LogP contribution in [0.25, 0.3) is 0 Å². The Hall–Kier alpha value is -1.24. The molecule has 4 saturated carbocycles. The summed E-state index contributed by atoms with van der Waals surface area (Å²) in [5.41, 5.74) is -1.89. The minimum atomic E-state index is -4.24. The van der Waals surface area contributed by atoms with Crippen LogP contribution in [0, 0.1) is 23.2 Å². The fourth-order valence-corrected chi connectivity index (χ4v) is 5.54. The average molecular weight is 359 g/mol. The molecule has 7 heteroatoms. The van der Waals surface area contributed by atoms with Gasteiger partial charge in [-0.1, -0.05) is 13.8 Å². The number of aliphatic hydroxyl groups is 1. The first-order chi connectivity index (χ1) is 11.5. The van der Waals surface area contributed by atoms with Gasteiger partial charge in [-0.3, -0.25) is 4.79 Å². The molecule has 0 aromatic carbocycles. The molecule has 1 N–H and O–H groups in total. The van der Waals surface area contributed by atoms with E-state index >= 15 is 0 Å². The second-order valence-electron chi connectivity index (χ2n) is 8.90. The Morgan fingerprint density at radius 3 is 2.24 bits per heavy atom. The number of carboxylic acid groups (broad SMARTS) is 1. The molecule has 4 aliphatic rings. The van der Waals surface area contributed by atoms with Gasteiger partial charge in [0.05, 0.1) is 11.0 Å². The highest BCUT2D eigenvalue weighted by Gasteiger charge is 2.61. The molecule has 0 aromatic heterocycles. The third kappa shape index (κ3) is 3.27. The number of carbonyl (C=O) groups excluding carboxylic acids is 2. The first-order valence-corrected chi connectivity index (χ1v) is 8.98. The van der Waals surface area contributed by atoms with E-state index in [1.165, 1.54) is 0 Å². The number of carbonyl (C=O) groups is 2. The number of aliphatic carboxylic acids is 1. The van der Waals surface area contributed by atoms with Gasteiger partial charge >= 0.3 is 11.9 Å². The molecular formula is C18H25F2O5-. The van der Waals surface area contributed by atoms with Crippen molar-refractivity contribution in [2.75, 3.05) is 0 Å². The van der Waals surface area contributed by atoms with E-state index in [2.05, 4.69) is 0 Å². The summed E-state index contributed by atoms with van der Waals surface area (Å²) < 4.78 is 33.1. The van der Waals surface area contributed by atoms with Gasteiger partial charge in [-0.25, -0.2) is 0 Å². The van der Waals surface area contributed by atoms with Crippen LogP contribution < -0.4 is 5.11 Å². The molecule has 4 fully saturated rings. The predicted molar refractivity (Wildman–Crippen MR) is 81.4 cm³/mol. The van der Waals surface area contributed by atoms with E-state index in [0.29, 0.717) is 25.7 Å². The average Bonchev–Trinajstić information content (AvgIpc) is 2.42. The number of carboxylic acids is 1. The quantitative estimate of drug-likeness (QED) is 0.729. The minimum Gasteiger partial charge on any atom is -0.544 e. The topological polar surface area (TPSA) is 86.7 Å². The second kappa shape index (κ2) is 5.89. The fraction of sp³-hybridized carbons (Fsp3) is 0.889. The van der Waals surface area contributed by atoms with Crippen LogP contribution in [-0.4, -0.2) is 34.7 Å². The van der Waals surface area contributed by atoms with Gasteiger partial charge in [0.1, 0.15) is 5.97 Å². The molecule has 5 nitrogen and oxygen atoms in total. The van der Waals surface area contributed by atoms with E-state index in [4.69, 9.17) is 4.74 Å². The minimum absolute atomic E-state index is 0.198. The standard InChI is InChI=1S/C18H26F2O5/c1-10(2)3-13(18(19,20)14(21)22)25-15(23)16-5-11-4-12(6-16)8-17(24,7-11)9-16/h10-13,24H,3-9H2,1-2H3,(H,21,22)/p-1. The highest BCUT2D eigenvalue weighted by molar-refractivity contribution is 5.79. The van der Waals surface area contributed by atoms with Crippen molar-refractivity contribution in [1.29, 1.82) is 0 Å². The normalized spacial score (nSPS) is 38.0. The smallest absolute Gasteiger partial charge is 0.323 e. The molecule has 0 saturated heterocycles. The maximum atomic E-state index is 14.0. The van der Waals surface area contributed by atoms with Crippen LogP contribution >= 0.6 is 0 Å². The number of alkyl halides is 2. The molecule has 142 valence electrons. The highest BCUT2D eigenvalue weighted by atomic mass is 19.3. The zero-order valence-corrected chi connectivity index (χ0v) is 14.6. The summed E-state index contributed by atoms with van der Waals surface area (Å²) in [5, 5.41) is 21.5. The third-order valence-electron chi connectivity index (χ3n) is 6.07. The van der Waals surface area contributed by atoms with E-state index in [0.717, 1.165) is 6.42 Å². The van der Waals surface area contributed by atoms with E-state index in [1.54, 1.807) is 13.8 Å². The van der Waals surface area contributed by atoms with Gasteiger partial charge in [-0.15, -0.1) is 0 Å². The molecule has 3 atom stereocenters. The van der Waals surface area contributed by atoms with Crippen LogP contribution in [0.1, 0.15) is 58.8 Å². The van der Waals surface area contributed by atoms with E-state index in [-0.39, 0.29) is 30.6 Å². The van der Waals surface area contributed by atoms with Gasteiger partial charge in [-0.2, -0.15) is 8.78 Å². The Morgan fingerprint density at radius 2 is 1.80 bits per heavy atom. The lowest BCUT2D eigenvalue weighted by molar-refractivity contribution is -0.337. The van der Waals surface area contributed by atoms with Crippen molar-refractivity contribution in [2.24, 2.45) is 23.2 Å². The van der Waals surface area contributed by atoms with Crippen molar-refractivity contribution >= 4 is 11.9 Å². The molecule has 0 amide bonds. The Kier molecular flexibility index (Phi) is 4.37. The number of ether oxygens (including phenoxy) is 1. The first kappa shape index (κ1) is 18.5. The summed E-state index contributed by atoms with van der Waals surface area (Å²) in [6.07, 6.45) is 1.18. The molecule has 0 radical (unpaired) electrons. The number of hydrogen-bond donors (Lipinski definition) is 1. The number of esters is 1. The molecule has 0 aliphatic heterocycles. The van der Waals surface area contributed by atoms with Crippen molar-refractivity contribution in [2.45, 2.75) is 76.4 Å². The maximum absolute atomic E-state index is 14.0. The molecule has 0 aromatic rings.